The van der Waals surface area contributed by atoms with Gasteiger partial charge in [0.1, 0.15) is 5.67 Å². The van der Waals surface area contributed by atoms with Crippen LogP contribution in [0.15, 0.2) is 30.3 Å². The average Bonchev–Trinajstić information content (AvgIpc) is 2.17. The van der Waals surface area contributed by atoms with Crippen molar-refractivity contribution in [2.75, 3.05) is 13.1 Å². The van der Waals surface area contributed by atoms with Crippen LogP contribution < -0.4 is 5.32 Å². The summed E-state index contributed by atoms with van der Waals surface area (Å²) in [5.74, 6) is 0. The first-order chi connectivity index (χ1) is 6.79. The molecule has 1 fully saturated rings. The number of hydrogen-bond acceptors (Lipinski definition) is 1. The predicted molar refractivity (Wildman–Crippen MR) is 63.3 cm³/mol. The number of rotatable bonds is 4. The Bertz CT molecular complexity index is 285. The highest BCUT2D eigenvalue weighted by molar-refractivity contribution is 5.85. The molecule has 0 unspecified atom stereocenters. The maximum Gasteiger partial charge on any atom is 0.135 e. The van der Waals surface area contributed by atoms with Crippen LogP contribution in [-0.2, 0) is 6.42 Å². The molecule has 0 saturated carbocycles. The Morgan fingerprint density at radius 2 is 1.87 bits per heavy atom. The number of hydrogen-bond donors (Lipinski definition) is 1. The highest BCUT2D eigenvalue weighted by Crippen LogP contribution is 2.23. The second-order valence-corrected chi connectivity index (χ2v) is 4.09. The van der Waals surface area contributed by atoms with E-state index in [-0.39, 0.29) is 12.4 Å². The van der Waals surface area contributed by atoms with E-state index in [0.717, 1.165) is 12.8 Å². The molecule has 1 aliphatic heterocycles. The van der Waals surface area contributed by atoms with E-state index >= 15 is 0 Å². The van der Waals surface area contributed by atoms with Crippen LogP contribution in [0.3, 0.4) is 0 Å². The molecule has 0 amide bonds. The van der Waals surface area contributed by atoms with Crippen LogP contribution >= 0.6 is 12.4 Å². The summed E-state index contributed by atoms with van der Waals surface area (Å²) >= 11 is 0. The highest BCUT2D eigenvalue weighted by Gasteiger charge is 2.35. The van der Waals surface area contributed by atoms with E-state index in [1.54, 1.807) is 0 Å². The normalized spacial score (nSPS) is 17.7. The van der Waals surface area contributed by atoms with E-state index in [0.29, 0.717) is 19.5 Å². The Morgan fingerprint density at radius 1 is 1.20 bits per heavy atom. The molecule has 15 heavy (non-hydrogen) atoms. The van der Waals surface area contributed by atoms with E-state index in [9.17, 15) is 4.39 Å². The molecule has 1 aliphatic rings. The molecule has 0 radical (unpaired) electrons. The van der Waals surface area contributed by atoms with Crippen molar-refractivity contribution in [3.8, 4) is 0 Å². The van der Waals surface area contributed by atoms with Gasteiger partial charge in [0, 0.05) is 13.1 Å². The molecular weight excluding hydrogens is 213 g/mol. The van der Waals surface area contributed by atoms with Gasteiger partial charge in [-0.2, -0.15) is 0 Å². The predicted octanol–water partition coefficient (Wildman–Crippen LogP) is 2.74. The van der Waals surface area contributed by atoms with Gasteiger partial charge in [0.15, 0.2) is 0 Å². The van der Waals surface area contributed by atoms with E-state index in [1.807, 2.05) is 18.2 Å². The molecule has 1 nitrogen and oxygen atoms in total. The van der Waals surface area contributed by atoms with Crippen molar-refractivity contribution in [1.82, 2.24) is 5.32 Å². The molecule has 1 saturated heterocycles. The summed E-state index contributed by atoms with van der Waals surface area (Å²) in [5.41, 5.74) is 0.401. The highest BCUT2D eigenvalue weighted by atomic mass is 35.5. The summed E-state index contributed by atoms with van der Waals surface area (Å²) in [6.45, 7) is 1.09. The zero-order valence-electron chi connectivity index (χ0n) is 8.71. The van der Waals surface area contributed by atoms with Crippen LogP contribution in [0.5, 0.6) is 0 Å². The topological polar surface area (TPSA) is 12.0 Å². The molecule has 0 atom stereocenters. The summed E-state index contributed by atoms with van der Waals surface area (Å²) in [6.07, 6.45) is 2.63. The number of alkyl halides is 1. The Kier molecular flexibility index (Phi) is 4.55. The first-order valence-corrected chi connectivity index (χ1v) is 5.22. The van der Waals surface area contributed by atoms with Gasteiger partial charge >= 0.3 is 0 Å². The number of halogens is 2. The molecule has 0 aromatic heterocycles. The van der Waals surface area contributed by atoms with Crippen molar-refractivity contribution in [2.45, 2.75) is 24.9 Å². The minimum Gasteiger partial charge on any atom is -0.310 e. The van der Waals surface area contributed by atoms with Crippen molar-refractivity contribution in [2.24, 2.45) is 0 Å². The Morgan fingerprint density at radius 3 is 2.40 bits per heavy atom. The Labute approximate surface area is 96.5 Å². The van der Waals surface area contributed by atoms with Gasteiger partial charge < -0.3 is 5.32 Å². The molecule has 0 spiro atoms. The van der Waals surface area contributed by atoms with Gasteiger partial charge in [0.25, 0.3) is 0 Å². The summed E-state index contributed by atoms with van der Waals surface area (Å²) in [7, 11) is 0. The van der Waals surface area contributed by atoms with E-state index in [4.69, 9.17) is 0 Å². The fourth-order valence-electron chi connectivity index (χ4n) is 1.83. The van der Waals surface area contributed by atoms with Crippen LogP contribution in [0.2, 0.25) is 0 Å². The zero-order valence-corrected chi connectivity index (χ0v) is 9.52. The van der Waals surface area contributed by atoms with E-state index in [1.165, 1.54) is 5.56 Å². The van der Waals surface area contributed by atoms with Crippen LogP contribution in [-0.4, -0.2) is 18.8 Å². The fourth-order valence-corrected chi connectivity index (χ4v) is 1.83. The van der Waals surface area contributed by atoms with Crippen molar-refractivity contribution < 1.29 is 4.39 Å². The van der Waals surface area contributed by atoms with Gasteiger partial charge in [-0.1, -0.05) is 30.3 Å². The van der Waals surface area contributed by atoms with Gasteiger partial charge in [0.05, 0.1) is 0 Å². The van der Waals surface area contributed by atoms with Crippen LogP contribution in [0.4, 0.5) is 4.39 Å². The Hall–Kier alpha value is -0.600. The first kappa shape index (κ1) is 12.5. The third-order valence-corrected chi connectivity index (χ3v) is 2.82. The monoisotopic (exact) mass is 229 g/mol. The largest absolute Gasteiger partial charge is 0.310 e. The summed E-state index contributed by atoms with van der Waals surface area (Å²) in [6, 6.07) is 10.3. The van der Waals surface area contributed by atoms with Crippen molar-refractivity contribution in [1.29, 1.82) is 0 Å². The lowest BCUT2D eigenvalue weighted by molar-refractivity contribution is 0.0782. The molecule has 1 aromatic rings. The molecule has 0 bridgehead atoms. The maximum atomic E-state index is 13.5. The number of benzene rings is 1. The van der Waals surface area contributed by atoms with Gasteiger partial charge in [-0.05, 0) is 24.8 Å². The van der Waals surface area contributed by atoms with Gasteiger partial charge in [-0.25, -0.2) is 4.39 Å². The lowest BCUT2D eigenvalue weighted by Crippen LogP contribution is -2.56. The molecule has 1 N–H and O–H groups in total. The lowest BCUT2D eigenvalue weighted by Gasteiger charge is -2.34. The minimum absolute atomic E-state index is 0. The quantitative estimate of drug-likeness (QED) is 0.837. The molecule has 2 rings (SSSR count). The summed E-state index contributed by atoms with van der Waals surface area (Å²) < 4.78 is 13.5. The molecular formula is C12H17ClFN. The third-order valence-electron chi connectivity index (χ3n) is 2.82. The molecule has 3 heteroatoms. The second kappa shape index (κ2) is 5.47. The molecule has 1 aromatic carbocycles. The maximum absolute atomic E-state index is 13.5. The van der Waals surface area contributed by atoms with Crippen molar-refractivity contribution in [3.63, 3.8) is 0 Å². The number of nitrogens with one attached hydrogen (secondary N) is 1. The average molecular weight is 230 g/mol. The lowest BCUT2D eigenvalue weighted by atomic mass is 9.92. The van der Waals surface area contributed by atoms with Crippen molar-refractivity contribution >= 4 is 12.4 Å². The van der Waals surface area contributed by atoms with E-state index < -0.39 is 5.67 Å². The molecule has 1 heterocycles. The van der Waals surface area contributed by atoms with Gasteiger partial charge in [0.2, 0.25) is 0 Å². The van der Waals surface area contributed by atoms with Gasteiger partial charge in [-0.3, -0.25) is 0 Å². The molecule has 0 aliphatic carbocycles. The fraction of sp³-hybridized carbons (Fsp3) is 0.500. The SMILES string of the molecule is Cl.FC1(CCCc2ccccc2)CNC1. The minimum atomic E-state index is -0.908. The van der Waals surface area contributed by atoms with E-state index in [2.05, 4.69) is 17.4 Å². The van der Waals surface area contributed by atoms with Crippen LogP contribution in [0, 0.1) is 0 Å². The standard InChI is InChI=1S/C12H16FN.ClH/c13-12(9-14-10-12)8-4-7-11-5-2-1-3-6-11;/h1-3,5-6,14H,4,7-10H2;1H. The van der Waals surface area contributed by atoms with Gasteiger partial charge in [-0.15, -0.1) is 12.4 Å². The van der Waals surface area contributed by atoms with Crippen LogP contribution in [0.1, 0.15) is 18.4 Å². The third kappa shape index (κ3) is 3.47. The number of aryl methyl sites for hydroxylation is 1. The summed E-state index contributed by atoms with van der Waals surface area (Å²) in [5, 5.41) is 2.98. The van der Waals surface area contributed by atoms with Crippen LogP contribution in [0.25, 0.3) is 0 Å². The second-order valence-electron chi connectivity index (χ2n) is 4.09. The first-order valence-electron chi connectivity index (χ1n) is 5.22. The Balaban J connectivity index is 0.00000112. The smallest absolute Gasteiger partial charge is 0.135 e. The zero-order chi connectivity index (χ0) is 9.86. The molecule has 84 valence electrons. The summed E-state index contributed by atoms with van der Waals surface area (Å²) in [4.78, 5) is 0. The van der Waals surface area contributed by atoms with Crippen molar-refractivity contribution in [3.05, 3.63) is 35.9 Å².